The van der Waals surface area contributed by atoms with Gasteiger partial charge in [-0.05, 0) is 36.4 Å². The van der Waals surface area contributed by atoms with Gasteiger partial charge in [0.25, 0.3) is 5.91 Å². The summed E-state index contributed by atoms with van der Waals surface area (Å²) in [6, 6.07) is 8.76. The van der Waals surface area contributed by atoms with Gasteiger partial charge in [-0.25, -0.2) is 4.79 Å². The van der Waals surface area contributed by atoms with Crippen molar-refractivity contribution in [3.8, 4) is 17.2 Å². The summed E-state index contributed by atoms with van der Waals surface area (Å²) in [7, 11) is 1.50. The van der Waals surface area contributed by atoms with E-state index in [1.54, 1.807) is 40.5 Å². The third-order valence-electron chi connectivity index (χ3n) is 5.44. The number of nitrogens with zero attached hydrogens (tertiary/aromatic N) is 3. The Morgan fingerprint density at radius 3 is 2.97 bits per heavy atom. The molecule has 31 heavy (non-hydrogen) atoms. The van der Waals surface area contributed by atoms with Crippen LogP contribution in [0.2, 0.25) is 0 Å². The van der Waals surface area contributed by atoms with Crippen LogP contribution in [-0.2, 0) is 0 Å². The zero-order valence-corrected chi connectivity index (χ0v) is 17.6. The zero-order chi connectivity index (χ0) is 21.4. The molecule has 4 aromatic rings. The summed E-state index contributed by atoms with van der Waals surface area (Å²) in [5, 5.41) is 12.9. The molecule has 0 spiro atoms. The molecule has 9 heteroatoms. The van der Waals surface area contributed by atoms with E-state index >= 15 is 0 Å². The molecule has 8 nitrogen and oxygen atoms in total. The van der Waals surface area contributed by atoms with Crippen LogP contribution in [0.3, 0.4) is 0 Å². The van der Waals surface area contributed by atoms with Crippen LogP contribution in [0.1, 0.15) is 35.0 Å². The summed E-state index contributed by atoms with van der Waals surface area (Å²) >= 11 is 1.56. The van der Waals surface area contributed by atoms with Gasteiger partial charge in [0, 0.05) is 29.4 Å². The fourth-order valence-electron chi connectivity index (χ4n) is 3.86. The molecule has 0 N–H and O–H groups in total. The molecule has 0 aliphatic carbocycles. The van der Waals surface area contributed by atoms with Crippen LogP contribution < -0.4 is 10.4 Å². The van der Waals surface area contributed by atoms with E-state index in [1.165, 1.54) is 7.11 Å². The number of fused-ring (bicyclic) bond motifs is 1. The highest BCUT2D eigenvalue weighted by Crippen LogP contribution is 2.30. The maximum Gasteiger partial charge on any atom is 0.349 e. The Bertz CT molecular complexity index is 1290. The highest BCUT2D eigenvalue weighted by Gasteiger charge is 2.30. The molecular weight excluding hydrogens is 418 g/mol. The van der Waals surface area contributed by atoms with E-state index in [4.69, 9.17) is 13.6 Å². The standard InChI is InChI=1S/C22H19N3O5S/c1-28-17-6-2-4-13-10-16(22(27)29-18(13)17)21(26)25-8-3-5-14(11-25)19-23-24-20(30-19)15-7-9-31-12-15/h2,4,6-7,9-10,12,14H,3,5,8,11H2,1H3/t14-/m1/s1. The number of benzene rings is 1. The van der Waals surface area contributed by atoms with Crippen LogP contribution in [0, 0.1) is 0 Å². The van der Waals surface area contributed by atoms with E-state index in [0.717, 1.165) is 18.4 Å². The van der Waals surface area contributed by atoms with Crippen molar-refractivity contribution in [3.63, 3.8) is 0 Å². The summed E-state index contributed by atoms with van der Waals surface area (Å²) in [6.07, 6.45) is 1.61. The lowest BCUT2D eigenvalue weighted by molar-refractivity contribution is 0.0694. The number of likely N-dealkylation sites (tertiary alicyclic amines) is 1. The van der Waals surface area contributed by atoms with Crippen molar-refractivity contribution < 1.29 is 18.4 Å². The first kappa shape index (κ1) is 19.5. The van der Waals surface area contributed by atoms with Gasteiger partial charge in [0.2, 0.25) is 11.8 Å². The quantitative estimate of drug-likeness (QED) is 0.446. The van der Waals surface area contributed by atoms with Crippen molar-refractivity contribution in [2.75, 3.05) is 20.2 Å². The number of methoxy groups -OCH3 is 1. The van der Waals surface area contributed by atoms with Gasteiger partial charge in [-0.15, -0.1) is 10.2 Å². The number of thiophene rings is 1. The van der Waals surface area contributed by atoms with Crippen molar-refractivity contribution >= 4 is 28.2 Å². The Kier molecular flexibility index (Phi) is 5.03. The summed E-state index contributed by atoms with van der Waals surface area (Å²) < 4.78 is 16.5. The number of carbonyl (C=O) groups excluding carboxylic acids is 1. The van der Waals surface area contributed by atoms with Gasteiger partial charge in [0.05, 0.1) is 13.0 Å². The minimum atomic E-state index is -0.679. The second-order valence-electron chi connectivity index (χ2n) is 7.37. The number of aromatic nitrogens is 2. The number of amides is 1. The molecule has 1 aromatic carbocycles. The van der Waals surface area contributed by atoms with Crippen molar-refractivity contribution in [3.05, 3.63) is 63.0 Å². The van der Waals surface area contributed by atoms with Crippen LogP contribution in [0.25, 0.3) is 22.4 Å². The third-order valence-corrected chi connectivity index (χ3v) is 6.12. The van der Waals surface area contributed by atoms with E-state index in [9.17, 15) is 9.59 Å². The number of hydrogen-bond acceptors (Lipinski definition) is 8. The minimum Gasteiger partial charge on any atom is -0.493 e. The minimum absolute atomic E-state index is 0.00546. The molecule has 3 aromatic heterocycles. The average Bonchev–Trinajstić information content (AvgIpc) is 3.50. The molecule has 0 bridgehead atoms. The summed E-state index contributed by atoms with van der Waals surface area (Å²) in [5.74, 6) is 0.994. The first-order valence-electron chi connectivity index (χ1n) is 9.90. The van der Waals surface area contributed by atoms with Crippen LogP contribution >= 0.6 is 11.3 Å². The molecule has 1 aliphatic rings. The summed E-state index contributed by atoms with van der Waals surface area (Å²) in [4.78, 5) is 27.4. The van der Waals surface area contributed by atoms with E-state index < -0.39 is 5.63 Å². The molecule has 1 atom stereocenters. The highest BCUT2D eigenvalue weighted by molar-refractivity contribution is 7.08. The predicted octanol–water partition coefficient (Wildman–Crippen LogP) is 3.93. The first-order chi connectivity index (χ1) is 15.1. The monoisotopic (exact) mass is 437 g/mol. The average molecular weight is 437 g/mol. The summed E-state index contributed by atoms with van der Waals surface area (Å²) in [6.45, 7) is 0.955. The molecule has 1 saturated heterocycles. The smallest absolute Gasteiger partial charge is 0.349 e. The second-order valence-corrected chi connectivity index (χ2v) is 8.15. The maximum atomic E-state index is 13.2. The number of ether oxygens (including phenoxy) is 1. The van der Waals surface area contributed by atoms with Gasteiger partial charge in [-0.1, -0.05) is 12.1 Å². The molecule has 1 amide bonds. The molecule has 1 fully saturated rings. The number of carbonyl (C=O) groups is 1. The fraction of sp³-hybridized carbons (Fsp3) is 0.273. The third kappa shape index (κ3) is 3.61. The van der Waals surface area contributed by atoms with E-state index in [2.05, 4.69) is 10.2 Å². The van der Waals surface area contributed by atoms with Crippen molar-refractivity contribution in [1.82, 2.24) is 15.1 Å². The SMILES string of the molecule is COc1cccc2cc(C(=O)N3CCC[C@@H](c4nnc(-c5ccsc5)o4)C3)c(=O)oc12. The Balaban J connectivity index is 1.40. The van der Waals surface area contributed by atoms with Crippen LogP contribution in [0.5, 0.6) is 5.75 Å². The van der Waals surface area contributed by atoms with Crippen molar-refractivity contribution in [1.29, 1.82) is 0 Å². The topological polar surface area (TPSA) is 98.7 Å². The van der Waals surface area contributed by atoms with E-state index in [0.29, 0.717) is 41.6 Å². The Labute approximate surface area is 181 Å². The van der Waals surface area contributed by atoms with Gasteiger partial charge in [-0.2, -0.15) is 11.3 Å². The largest absolute Gasteiger partial charge is 0.493 e. The lowest BCUT2D eigenvalue weighted by atomic mass is 9.97. The number of hydrogen-bond donors (Lipinski definition) is 0. The molecule has 0 radical (unpaired) electrons. The van der Waals surface area contributed by atoms with Gasteiger partial charge >= 0.3 is 5.63 Å². The van der Waals surface area contributed by atoms with Gasteiger partial charge in [-0.3, -0.25) is 4.79 Å². The molecular formula is C22H19N3O5S. The predicted molar refractivity (Wildman–Crippen MR) is 115 cm³/mol. The van der Waals surface area contributed by atoms with Crippen LogP contribution in [0.4, 0.5) is 0 Å². The maximum absolute atomic E-state index is 13.2. The lowest BCUT2D eigenvalue weighted by Crippen LogP contribution is -2.40. The normalized spacial score (nSPS) is 16.5. The Morgan fingerprint density at radius 1 is 1.26 bits per heavy atom. The second kappa shape index (κ2) is 7.99. The molecule has 0 unspecified atom stereocenters. The van der Waals surface area contributed by atoms with Crippen LogP contribution in [-0.4, -0.2) is 41.2 Å². The number of piperidine rings is 1. The molecule has 158 valence electrons. The van der Waals surface area contributed by atoms with Gasteiger partial charge in [0.15, 0.2) is 11.3 Å². The Morgan fingerprint density at radius 2 is 2.16 bits per heavy atom. The molecule has 0 saturated carbocycles. The van der Waals surface area contributed by atoms with E-state index in [-0.39, 0.29) is 17.4 Å². The van der Waals surface area contributed by atoms with E-state index in [1.807, 2.05) is 16.8 Å². The Hall–Kier alpha value is -3.46. The number of para-hydroxylation sites is 1. The van der Waals surface area contributed by atoms with Crippen molar-refractivity contribution in [2.45, 2.75) is 18.8 Å². The van der Waals surface area contributed by atoms with Gasteiger partial charge in [0.1, 0.15) is 5.56 Å². The molecule has 5 rings (SSSR count). The summed E-state index contributed by atoms with van der Waals surface area (Å²) in [5.41, 5.74) is 0.541. The fourth-order valence-corrected chi connectivity index (χ4v) is 4.49. The van der Waals surface area contributed by atoms with Crippen molar-refractivity contribution in [2.24, 2.45) is 0 Å². The highest BCUT2D eigenvalue weighted by atomic mass is 32.1. The molecule has 1 aliphatic heterocycles. The van der Waals surface area contributed by atoms with Crippen LogP contribution in [0.15, 0.2) is 54.7 Å². The first-order valence-corrected chi connectivity index (χ1v) is 10.8. The zero-order valence-electron chi connectivity index (χ0n) is 16.7. The molecule has 4 heterocycles. The number of rotatable bonds is 4. The van der Waals surface area contributed by atoms with Gasteiger partial charge < -0.3 is 18.5 Å². The lowest BCUT2D eigenvalue weighted by Gasteiger charge is -2.30.